The molecule has 4 heteroatoms. The SMILES string of the molecule is C.C.O=C(Cl)C1CCCCCC(C(=O)Cl)C1. The van der Waals surface area contributed by atoms with E-state index in [1.54, 1.807) is 0 Å². The van der Waals surface area contributed by atoms with E-state index in [1.807, 2.05) is 0 Å². The third-order valence-electron chi connectivity index (χ3n) is 2.82. The average molecular weight is 269 g/mol. The van der Waals surface area contributed by atoms with E-state index in [1.165, 1.54) is 0 Å². The van der Waals surface area contributed by atoms with E-state index in [9.17, 15) is 9.59 Å². The van der Waals surface area contributed by atoms with E-state index < -0.39 is 0 Å². The minimum atomic E-state index is -0.324. The summed E-state index contributed by atoms with van der Waals surface area (Å²) in [5, 5.41) is -0.648. The van der Waals surface area contributed by atoms with Crippen LogP contribution in [0.15, 0.2) is 0 Å². The van der Waals surface area contributed by atoms with Gasteiger partial charge in [0.15, 0.2) is 0 Å². The average Bonchev–Trinajstić information content (AvgIpc) is 2.01. The van der Waals surface area contributed by atoms with Gasteiger partial charge in [-0.1, -0.05) is 34.1 Å². The second-order valence-electron chi connectivity index (χ2n) is 3.88. The zero-order valence-corrected chi connectivity index (χ0v) is 9.48. The first-order valence-electron chi connectivity index (χ1n) is 5.00. The van der Waals surface area contributed by atoms with Crippen molar-refractivity contribution >= 4 is 33.7 Å². The Bertz CT molecular complexity index is 207. The summed E-state index contributed by atoms with van der Waals surface area (Å²) in [6.45, 7) is 0. The monoisotopic (exact) mass is 268 g/mol. The lowest BCUT2D eigenvalue weighted by molar-refractivity contribution is -0.118. The molecule has 0 radical (unpaired) electrons. The number of halogens is 2. The summed E-state index contributed by atoms with van der Waals surface area (Å²) < 4.78 is 0. The van der Waals surface area contributed by atoms with Gasteiger partial charge >= 0.3 is 0 Å². The number of hydrogen-bond donors (Lipinski definition) is 0. The largest absolute Gasteiger partial charge is 0.281 e. The molecule has 1 saturated carbocycles. The fraction of sp³-hybridized carbons (Fsp3) is 0.833. The molecule has 1 fully saturated rings. The molecule has 1 aliphatic rings. The van der Waals surface area contributed by atoms with E-state index in [-0.39, 0.29) is 37.2 Å². The zero-order chi connectivity index (χ0) is 10.6. The van der Waals surface area contributed by atoms with Crippen molar-refractivity contribution in [1.82, 2.24) is 0 Å². The smallest absolute Gasteiger partial charge is 0.224 e. The van der Waals surface area contributed by atoms with Gasteiger partial charge in [0.2, 0.25) is 10.5 Å². The van der Waals surface area contributed by atoms with Gasteiger partial charge in [-0.25, -0.2) is 0 Å². The van der Waals surface area contributed by atoms with Gasteiger partial charge in [0.25, 0.3) is 0 Å². The van der Waals surface area contributed by atoms with Crippen LogP contribution in [-0.4, -0.2) is 10.5 Å². The van der Waals surface area contributed by atoms with Gasteiger partial charge in [-0.15, -0.1) is 0 Å². The number of hydrogen-bond acceptors (Lipinski definition) is 2. The number of carbonyl (C=O) groups excluding carboxylic acids is 2. The third kappa shape index (κ3) is 5.86. The molecule has 0 bridgehead atoms. The van der Waals surface area contributed by atoms with Gasteiger partial charge in [-0.05, 0) is 42.5 Å². The summed E-state index contributed by atoms with van der Waals surface area (Å²) in [5.74, 6) is -0.352. The maximum Gasteiger partial charge on any atom is 0.224 e. The van der Waals surface area contributed by atoms with Crippen molar-refractivity contribution in [2.75, 3.05) is 0 Å². The molecule has 0 aromatic rings. The molecule has 0 amide bonds. The summed E-state index contributed by atoms with van der Waals surface area (Å²) in [5.41, 5.74) is 0. The van der Waals surface area contributed by atoms with Crippen molar-refractivity contribution in [2.45, 2.75) is 53.4 Å². The van der Waals surface area contributed by atoms with Gasteiger partial charge in [0.1, 0.15) is 0 Å². The summed E-state index contributed by atoms with van der Waals surface area (Å²) in [6.07, 6.45) is 5.22. The van der Waals surface area contributed by atoms with Crippen molar-refractivity contribution in [3.63, 3.8) is 0 Å². The van der Waals surface area contributed by atoms with Crippen molar-refractivity contribution in [3.8, 4) is 0 Å². The Morgan fingerprint density at radius 1 is 0.812 bits per heavy atom. The van der Waals surface area contributed by atoms with Crippen molar-refractivity contribution in [3.05, 3.63) is 0 Å². The Morgan fingerprint density at radius 3 is 1.50 bits per heavy atom. The Balaban J connectivity index is 0. The molecule has 2 atom stereocenters. The second kappa shape index (κ2) is 9.00. The van der Waals surface area contributed by atoms with Crippen LogP contribution >= 0.6 is 23.2 Å². The molecular weight excluding hydrogens is 247 g/mol. The van der Waals surface area contributed by atoms with E-state index in [4.69, 9.17) is 23.2 Å². The standard InChI is InChI=1S/C10H14Cl2O2.2CH4/c11-9(13)7-4-2-1-3-5-8(6-7)10(12)14;;/h7-8H,1-6H2;2*1H4. The molecule has 0 saturated heterocycles. The first kappa shape index (κ1) is 18.3. The fourth-order valence-electron chi connectivity index (χ4n) is 1.95. The highest BCUT2D eigenvalue weighted by Crippen LogP contribution is 2.29. The lowest BCUT2D eigenvalue weighted by Gasteiger charge is -2.21. The molecule has 16 heavy (non-hydrogen) atoms. The predicted molar refractivity (Wildman–Crippen MR) is 69.9 cm³/mol. The molecule has 0 N–H and O–H groups in total. The van der Waals surface area contributed by atoms with Crippen LogP contribution in [-0.2, 0) is 9.59 Å². The second-order valence-corrected chi connectivity index (χ2v) is 4.62. The summed E-state index contributed by atoms with van der Waals surface area (Å²) in [4.78, 5) is 22.1. The highest BCUT2D eigenvalue weighted by Gasteiger charge is 2.26. The Labute approximate surface area is 109 Å². The highest BCUT2D eigenvalue weighted by molar-refractivity contribution is 6.64. The lowest BCUT2D eigenvalue weighted by atomic mass is 9.85. The molecule has 0 aliphatic heterocycles. The predicted octanol–water partition coefficient (Wildman–Crippen LogP) is 4.38. The minimum absolute atomic E-state index is 0. The third-order valence-corrected chi connectivity index (χ3v) is 3.43. The highest BCUT2D eigenvalue weighted by atomic mass is 35.5. The van der Waals surface area contributed by atoms with E-state index >= 15 is 0 Å². The molecule has 0 aromatic carbocycles. The van der Waals surface area contributed by atoms with Crippen LogP contribution in [0.3, 0.4) is 0 Å². The normalized spacial score (nSPS) is 25.4. The molecule has 96 valence electrons. The molecule has 0 aromatic heterocycles. The maximum absolute atomic E-state index is 11.0. The fourth-order valence-corrected chi connectivity index (χ4v) is 2.35. The van der Waals surface area contributed by atoms with Crippen LogP contribution < -0.4 is 0 Å². The Kier molecular flexibility index (Phi) is 10.3. The van der Waals surface area contributed by atoms with Gasteiger partial charge in [-0.2, -0.15) is 0 Å². The molecule has 0 heterocycles. The maximum atomic E-state index is 11.0. The zero-order valence-electron chi connectivity index (χ0n) is 7.97. The minimum Gasteiger partial charge on any atom is -0.281 e. The Morgan fingerprint density at radius 2 is 1.19 bits per heavy atom. The number of rotatable bonds is 2. The molecule has 1 rings (SSSR count). The number of carbonyl (C=O) groups is 2. The molecule has 1 aliphatic carbocycles. The van der Waals surface area contributed by atoms with Crippen molar-refractivity contribution in [2.24, 2.45) is 11.8 Å². The van der Waals surface area contributed by atoms with Gasteiger partial charge in [0.05, 0.1) is 0 Å². The summed E-state index contributed by atoms with van der Waals surface area (Å²) >= 11 is 10.9. The van der Waals surface area contributed by atoms with Gasteiger partial charge in [-0.3, -0.25) is 9.59 Å². The van der Waals surface area contributed by atoms with Gasteiger partial charge in [0, 0.05) is 11.8 Å². The van der Waals surface area contributed by atoms with Crippen LogP contribution in [0.5, 0.6) is 0 Å². The van der Waals surface area contributed by atoms with Gasteiger partial charge < -0.3 is 0 Å². The first-order chi connectivity index (χ1) is 6.61. The molecule has 2 unspecified atom stereocenters. The summed E-state index contributed by atoms with van der Waals surface area (Å²) in [6, 6.07) is 0. The van der Waals surface area contributed by atoms with Crippen molar-refractivity contribution < 1.29 is 9.59 Å². The Hall–Kier alpha value is -0.0800. The first-order valence-corrected chi connectivity index (χ1v) is 5.75. The van der Waals surface area contributed by atoms with E-state index in [0.29, 0.717) is 6.42 Å². The van der Waals surface area contributed by atoms with E-state index in [2.05, 4.69) is 0 Å². The van der Waals surface area contributed by atoms with Crippen LogP contribution in [0.4, 0.5) is 0 Å². The van der Waals surface area contributed by atoms with Crippen LogP contribution in [0, 0.1) is 11.8 Å². The quantitative estimate of drug-likeness (QED) is 0.697. The summed E-state index contributed by atoms with van der Waals surface area (Å²) in [7, 11) is 0. The van der Waals surface area contributed by atoms with Crippen LogP contribution in [0.2, 0.25) is 0 Å². The topological polar surface area (TPSA) is 34.1 Å². The van der Waals surface area contributed by atoms with Crippen molar-refractivity contribution in [1.29, 1.82) is 0 Å². The lowest BCUT2D eigenvalue weighted by Crippen LogP contribution is -2.20. The van der Waals surface area contributed by atoms with Crippen LogP contribution in [0.1, 0.15) is 53.4 Å². The van der Waals surface area contributed by atoms with Crippen LogP contribution in [0.25, 0.3) is 0 Å². The molecule has 0 spiro atoms. The molecular formula is C12H22Cl2O2. The van der Waals surface area contributed by atoms with E-state index in [0.717, 1.165) is 32.1 Å². The molecule has 2 nitrogen and oxygen atoms in total.